The van der Waals surface area contributed by atoms with Gasteiger partial charge in [0.25, 0.3) is 5.91 Å². The van der Waals surface area contributed by atoms with Crippen molar-refractivity contribution in [3.63, 3.8) is 0 Å². The van der Waals surface area contributed by atoms with Crippen molar-refractivity contribution in [3.05, 3.63) is 65.5 Å². The third-order valence-electron chi connectivity index (χ3n) is 4.40. The van der Waals surface area contributed by atoms with Crippen molar-refractivity contribution in [2.45, 2.75) is 25.2 Å². The van der Waals surface area contributed by atoms with E-state index in [4.69, 9.17) is 0 Å². The Kier molecular flexibility index (Phi) is 3.92. The zero-order valence-electron chi connectivity index (χ0n) is 12.6. The molecule has 1 aromatic carbocycles. The molecule has 0 saturated heterocycles. The van der Waals surface area contributed by atoms with Gasteiger partial charge in [0.2, 0.25) is 0 Å². The molecule has 118 valence electrons. The van der Waals surface area contributed by atoms with E-state index in [-0.39, 0.29) is 5.82 Å². The molecule has 23 heavy (non-hydrogen) atoms. The molecule has 1 amide bonds. The number of allylic oxidation sites excluding steroid dienone is 1. The maximum absolute atomic E-state index is 14.0. The van der Waals surface area contributed by atoms with Crippen molar-refractivity contribution in [1.29, 1.82) is 0 Å². The van der Waals surface area contributed by atoms with E-state index in [1.165, 1.54) is 12.4 Å². The SMILES string of the molecule is Cc1c(F)cccc1C1(C(=O)NO)C=C(c2cncnc2)CC1. The zero-order valence-corrected chi connectivity index (χ0v) is 12.6. The van der Waals surface area contributed by atoms with Gasteiger partial charge in [-0.15, -0.1) is 0 Å². The van der Waals surface area contributed by atoms with Crippen LogP contribution in [0.5, 0.6) is 0 Å². The summed E-state index contributed by atoms with van der Waals surface area (Å²) in [6.45, 7) is 1.63. The van der Waals surface area contributed by atoms with Crippen LogP contribution in [0.2, 0.25) is 0 Å². The molecule has 2 N–H and O–H groups in total. The third-order valence-corrected chi connectivity index (χ3v) is 4.40. The number of amides is 1. The normalized spacial score (nSPS) is 20.2. The lowest BCUT2D eigenvalue weighted by molar-refractivity contribution is -0.133. The van der Waals surface area contributed by atoms with Gasteiger partial charge in [0, 0.05) is 18.0 Å². The van der Waals surface area contributed by atoms with Crippen LogP contribution in [-0.4, -0.2) is 21.1 Å². The summed E-state index contributed by atoms with van der Waals surface area (Å²) in [5, 5.41) is 9.19. The van der Waals surface area contributed by atoms with E-state index in [1.807, 2.05) is 0 Å². The first-order valence-corrected chi connectivity index (χ1v) is 7.26. The number of carbonyl (C=O) groups excluding carboxylic acids is 1. The number of hydroxylamine groups is 1. The van der Waals surface area contributed by atoms with Crippen LogP contribution in [0.3, 0.4) is 0 Å². The van der Waals surface area contributed by atoms with E-state index in [2.05, 4.69) is 9.97 Å². The molecule has 0 fully saturated rings. The summed E-state index contributed by atoms with van der Waals surface area (Å²) >= 11 is 0. The predicted octanol–water partition coefficient (Wildman–Crippen LogP) is 2.54. The molecule has 0 aliphatic heterocycles. The van der Waals surface area contributed by atoms with Gasteiger partial charge in [0.1, 0.15) is 12.1 Å². The standard InChI is InChI=1S/C17H16FN3O2/c1-11-14(3-2-4-15(11)18)17(16(22)21-23)6-5-12(7-17)13-8-19-10-20-9-13/h2-4,7-10,23H,5-6H2,1H3,(H,21,22). The zero-order chi connectivity index (χ0) is 16.4. The van der Waals surface area contributed by atoms with E-state index in [0.29, 0.717) is 24.0 Å². The average molecular weight is 313 g/mol. The number of halogens is 1. The van der Waals surface area contributed by atoms with Gasteiger partial charge >= 0.3 is 0 Å². The van der Waals surface area contributed by atoms with E-state index in [0.717, 1.165) is 11.1 Å². The summed E-state index contributed by atoms with van der Waals surface area (Å²) in [7, 11) is 0. The quantitative estimate of drug-likeness (QED) is 0.674. The van der Waals surface area contributed by atoms with Gasteiger partial charge in [-0.2, -0.15) is 0 Å². The molecule has 1 aromatic heterocycles. The van der Waals surface area contributed by atoms with Gasteiger partial charge < -0.3 is 0 Å². The smallest absolute Gasteiger partial charge is 0.257 e. The lowest BCUT2D eigenvalue weighted by Gasteiger charge is -2.27. The number of benzene rings is 1. The second-order valence-corrected chi connectivity index (χ2v) is 5.62. The Labute approximate surface area is 132 Å². The Morgan fingerprint density at radius 3 is 2.78 bits per heavy atom. The molecule has 1 unspecified atom stereocenters. The Balaban J connectivity index is 2.15. The van der Waals surface area contributed by atoms with E-state index in [1.54, 1.807) is 43.0 Å². The van der Waals surface area contributed by atoms with Gasteiger partial charge in [-0.3, -0.25) is 10.0 Å². The van der Waals surface area contributed by atoms with Gasteiger partial charge in [-0.25, -0.2) is 19.8 Å². The summed E-state index contributed by atoms with van der Waals surface area (Å²) < 4.78 is 14.0. The van der Waals surface area contributed by atoms with Crippen LogP contribution in [0.25, 0.3) is 5.57 Å². The lowest BCUT2D eigenvalue weighted by Crippen LogP contribution is -2.41. The topological polar surface area (TPSA) is 75.1 Å². The Morgan fingerprint density at radius 2 is 2.09 bits per heavy atom. The fourth-order valence-corrected chi connectivity index (χ4v) is 3.17. The Bertz CT molecular complexity index is 777. The average Bonchev–Trinajstić information content (AvgIpc) is 3.04. The van der Waals surface area contributed by atoms with Gasteiger partial charge in [0.05, 0.1) is 5.41 Å². The molecule has 1 aliphatic rings. The minimum absolute atomic E-state index is 0.377. The monoisotopic (exact) mass is 313 g/mol. The number of nitrogens with zero attached hydrogens (tertiary/aromatic N) is 2. The van der Waals surface area contributed by atoms with Gasteiger partial charge in [-0.05, 0) is 42.5 Å². The molecular formula is C17H16FN3O2. The molecule has 5 nitrogen and oxygen atoms in total. The number of carbonyl (C=O) groups is 1. The lowest BCUT2D eigenvalue weighted by atomic mass is 9.77. The van der Waals surface area contributed by atoms with Crippen molar-refractivity contribution in [1.82, 2.24) is 15.4 Å². The highest BCUT2D eigenvalue weighted by molar-refractivity contribution is 5.94. The molecule has 0 spiro atoms. The molecule has 0 radical (unpaired) electrons. The van der Waals surface area contributed by atoms with E-state index >= 15 is 0 Å². The van der Waals surface area contributed by atoms with Crippen LogP contribution < -0.4 is 5.48 Å². The van der Waals surface area contributed by atoms with Crippen molar-refractivity contribution < 1.29 is 14.4 Å². The maximum Gasteiger partial charge on any atom is 0.257 e. The molecule has 3 rings (SSSR count). The first kappa shape index (κ1) is 15.3. The number of rotatable bonds is 3. The molecule has 1 aliphatic carbocycles. The fourth-order valence-electron chi connectivity index (χ4n) is 3.17. The third kappa shape index (κ3) is 2.51. The summed E-state index contributed by atoms with van der Waals surface area (Å²) in [6.07, 6.45) is 7.60. The van der Waals surface area contributed by atoms with Crippen molar-refractivity contribution in [2.75, 3.05) is 0 Å². The van der Waals surface area contributed by atoms with Crippen molar-refractivity contribution >= 4 is 11.5 Å². The van der Waals surface area contributed by atoms with Crippen LogP contribution in [0.1, 0.15) is 29.5 Å². The second kappa shape index (κ2) is 5.89. The first-order valence-electron chi connectivity index (χ1n) is 7.26. The van der Waals surface area contributed by atoms with E-state index in [9.17, 15) is 14.4 Å². The van der Waals surface area contributed by atoms with Gasteiger partial charge in [0.15, 0.2) is 0 Å². The number of aromatic nitrogens is 2. The minimum atomic E-state index is -1.11. The Morgan fingerprint density at radius 1 is 1.35 bits per heavy atom. The maximum atomic E-state index is 14.0. The van der Waals surface area contributed by atoms with E-state index < -0.39 is 11.3 Å². The molecule has 6 heteroatoms. The largest absolute Gasteiger partial charge is 0.289 e. The van der Waals surface area contributed by atoms with Crippen molar-refractivity contribution in [2.24, 2.45) is 0 Å². The molecule has 0 saturated carbocycles. The highest BCUT2D eigenvalue weighted by atomic mass is 19.1. The van der Waals surface area contributed by atoms with Crippen LogP contribution in [0.15, 0.2) is 43.0 Å². The molecule has 1 heterocycles. The van der Waals surface area contributed by atoms with Crippen LogP contribution in [0, 0.1) is 12.7 Å². The molecule has 1 atom stereocenters. The van der Waals surface area contributed by atoms with Crippen LogP contribution >= 0.6 is 0 Å². The second-order valence-electron chi connectivity index (χ2n) is 5.62. The molecule has 0 bridgehead atoms. The summed E-state index contributed by atoms with van der Waals surface area (Å²) in [5.74, 6) is -0.949. The molecular weight excluding hydrogens is 297 g/mol. The number of nitrogens with one attached hydrogen (secondary N) is 1. The minimum Gasteiger partial charge on any atom is -0.289 e. The summed E-state index contributed by atoms with van der Waals surface area (Å²) in [6, 6.07) is 4.64. The van der Waals surface area contributed by atoms with Crippen LogP contribution in [-0.2, 0) is 10.2 Å². The summed E-state index contributed by atoms with van der Waals surface area (Å²) in [4.78, 5) is 20.4. The highest BCUT2D eigenvalue weighted by Crippen LogP contribution is 2.44. The number of hydrogen-bond donors (Lipinski definition) is 2. The first-order chi connectivity index (χ1) is 11.1. The summed E-state index contributed by atoms with van der Waals surface area (Å²) in [5.41, 5.74) is 3.29. The fraction of sp³-hybridized carbons (Fsp3) is 0.235. The van der Waals surface area contributed by atoms with Crippen molar-refractivity contribution in [3.8, 4) is 0 Å². The van der Waals surface area contributed by atoms with Gasteiger partial charge in [-0.1, -0.05) is 18.2 Å². The molecule has 2 aromatic rings. The highest BCUT2D eigenvalue weighted by Gasteiger charge is 2.43. The predicted molar refractivity (Wildman–Crippen MR) is 82.0 cm³/mol. The number of hydrogen-bond acceptors (Lipinski definition) is 4. The Hall–Kier alpha value is -2.60. The van der Waals surface area contributed by atoms with Crippen LogP contribution in [0.4, 0.5) is 4.39 Å².